The fourth-order valence-corrected chi connectivity index (χ4v) is 1.70. The molecule has 1 aliphatic heterocycles. The maximum atomic E-state index is 3.18. The number of hydrogen-bond donors (Lipinski definition) is 1. The number of nitrogens with one attached hydrogen (secondary N) is 1. The van der Waals surface area contributed by atoms with Crippen molar-refractivity contribution in [3.63, 3.8) is 0 Å². The Labute approximate surface area is 88.3 Å². The smallest absolute Gasteiger partial charge is 0.0313 e. The van der Waals surface area contributed by atoms with Gasteiger partial charge in [-0.25, -0.2) is 0 Å². The van der Waals surface area contributed by atoms with E-state index in [9.17, 15) is 0 Å². The Morgan fingerprint density at radius 3 is 1.86 bits per heavy atom. The Morgan fingerprint density at radius 2 is 1.50 bits per heavy atom. The van der Waals surface area contributed by atoms with Crippen LogP contribution in [-0.4, -0.2) is 0 Å². The highest BCUT2D eigenvalue weighted by molar-refractivity contribution is 5.42. The minimum Gasteiger partial charge on any atom is -0.368 e. The predicted octanol–water partition coefficient (Wildman–Crippen LogP) is 3.65. The van der Waals surface area contributed by atoms with Crippen LogP contribution in [-0.2, 0) is 0 Å². The summed E-state index contributed by atoms with van der Waals surface area (Å²) in [5, 5.41) is 3.18. The van der Waals surface area contributed by atoms with Crippen molar-refractivity contribution in [2.45, 2.75) is 41.5 Å². The molecule has 1 N–H and O–H groups in total. The van der Waals surface area contributed by atoms with Crippen LogP contribution in [0.15, 0.2) is 24.0 Å². The molecule has 1 nitrogen and oxygen atoms in total. The van der Waals surface area contributed by atoms with Crippen LogP contribution in [0.25, 0.3) is 0 Å². The first-order chi connectivity index (χ1) is 6.23. The zero-order valence-electron chi connectivity index (χ0n) is 10.2. The van der Waals surface area contributed by atoms with E-state index in [1.807, 2.05) is 6.20 Å². The average Bonchev–Trinajstić information content (AvgIpc) is 2.01. The van der Waals surface area contributed by atoms with E-state index >= 15 is 0 Å². The Kier molecular flexibility index (Phi) is 2.80. The topological polar surface area (TPSA) is 12.0 Å². The van der Waals surface area contributed by atoms with Crippen molar-refractivity contribution in [1.82, 2.24) is 5.32 Å². The first-order valence-corrected chi connectivity index (χ1v) is 5.24. The molecule has 0 amide bonds. The first kappa shape index (κ1) is 11.4. The minimum absolute atomic E-state index is 0.209. The second kappa shape index (κ2) is 3.45. The molecule has 1 radical (unpaired) electrons. The summed E-state index contributed by atoms with van der Waals surface area (Å²) in [6.45, 7) is 13.6. The molecule has 0 fully saturated rings. The standard InChI is InChI=1S/C13H22N/c1-12(2,3)10-7-8-14-9-11(10)13(4,5)6/h7-9,14H,1-6H3. The lowest BCUT2D eigenvalue weighted by Crippen LogP contribution is -2.28. The monoisotopic (exact) mass is 192 g/mol. The molecule has 0 aromatic rings. The summed E-state index contributed by atoms with van der Waals surface area (Å²) >= 11 is 0. The van der Waals surface area contributed by atoms with Gasteiger partial charge >= 0.3 is 0 Å². The second-order valence-electron chi connectivity index (χ2n) is 5.97. The molecule has 1 heteroatoms. The van der Waals surface area contributed by atoms with Gasteiger partial charge in [-0.1, -0.05) is 47.6 Å². The van der Waals surface area contributed by atoms with Crippen LogP contribution in [0.5, 0.6) is 0 Å². The van der Waals surface area contributed by atoms with E-state index in [-0.39, 0.29) is 10.8 Å². The Bertz CT molecular complexity index is 258. The summed E-state index contributed by atoms with van der Waals surface area (Å²) in [6, 6.07) is 0. The summed E-state index contributed by atoms with van der Waals surface area (Å²) < 4.78 is 0. The Morgan fingerprint density at radius 1 is 0.929 bits per heavy atom. The molecule has 1 aliphatic rings. The van der Waals surface area contributed by atoms with E-state index in [0.717, 1.165) is 0 Å². The summed E-state index contributed by atoms with van der Waals surface area (Å²) in [6.07, 6.45) is 6.33. The minimum atomic E-state index is 0.209. The lowest BCUT2D eigenvalue weighted by Gasteiger charge is -2.37. The highest BCUT2D eigenvalue weighted by Crippen LogP contribution is 2.43. The van der Waals surface area contributed by atoms with Gasteiger partial charge in [-0.2, -0.15) is 0 Å². The van der Waals surface area contributed by atoms with Gasteiger partial charge in [-0.05, 0) is 22.6 Å². The van der Waals surface area contributed by atoms with Gasteiger partial charge in [0.25, 0.3) is 0 Å². The lowest BCUT2D eigenvalue weighted by molar-refractivity contribution is 0.404. The van der Waals surface area contributed by atoms with Crippen LogP contribution in [0.4, 0.5) is 0 Å². The fraction of sp³-hybridized carbons (Fsp3) is 0.615. The van der Waals surface area contributed by atoms with Crippen molar-refractivity contribution in [2.75, 3.05) is 0 Å². The molecule has 0 aliphatic carbocycles. The van der Waals surface area contributed by atoms with Crippen molar-refractivity contribution in [3.05, 3.63) is 30.0 Å². The normalized spacial score (nSPS) is 19.1. The maximum absolute atomic E-state index is 3.18. The van der Waals surface area contributed by atoms with E-state index in [2.05, 4.69) is 59.1 Å². The molecule has 0 bridgehead atoms. The third kappa shape index (κ3) is 2.40. The zero-order chi connectivity index (χ0) is 11.0. The van der Waals surface area contributed by atoms with Crippen LogP contribution >= 0.6 is 0 Å². The van der Waals surface area contributed by atoms with Crippen molar-refractivity contribution < 1.29 is 0 Å². The van der Waals surface area contributed by atoms with Crippen LogP contribution in [0.3, 0.4) is 0 Å². The highest BCUT2D eigenvalue weighted by atomic mass is 14.8. The van der Waals surface area contributed by atoms with Gasteiger partial charge in [0.15, 0.2) is 0 Å². The molecule has 1 rings (SSSR count). The number of dihydropyridines is 1. The first-order valence-electron chi connectivity index (χ1n) is 5.24. The maximum Gasteiger partial charge on any atom is 0.0313 e. The molecule has 0 aromatic heterocycles. The van der Waals surface area contributed by atoms with E-state index < -0.39 is 0 Å². The van der Waals surface area contributed by atoms with Crippen molar-refractivity contribution in [3.8, 4) is 0 Å². The molecular weight excluding hydrogens is 170 g/mol. The summed E-state index contributed by atoms with van der Waals surface area (Å²) in [4.78, 5) is 0. The Balaban J connectivity index is 2.99. The predicted molar refractivity (Wildman–Crippen MR) is 62.5 cm³/mol. The van der Waals surface area contributed by atoms with Crippen LogP contribution in [0, 0.1) is 16.7 Å². The SMILES string of the molecule is CC(C)(C)[C]1C=CNC=C1C(C)(C)C. The summed E-state index contributed by atoms with van der Waals surface area (Å²) in [5.41, 5.74) is 1.84. The molecule has 0 unspecified atom stereocenters. The van der Waals surface area contributed by atoms with Gasteiger partial charge < -0.3 is 5.32 Å². The molecule has 79 valence electrons. The van der Waals surface area contributed by atoms with Crippen molar-refractivity contribution >= 4 is 0 Å². The van der Waals surface area contributed by atoms with Gasteiger partial charge in [-0.3, -0.25) is 0 Å². The largest absolute Gasteiger partial charge is 0.368 e. The van der Waals surface area contributed by atoms with Gasteiger partial charge in [0, 0.05) is 12.1 Å². The second-order valence-corrected chi connectivity index (χ2v) is 5.97. The van der Waals surface area contributed by atoms with Gasteiger partial charge in [-0.15, -0.1) is 0 Å². The third-order valence-corrected chi connectivity index (χ3v) is 2.48. The number of hydrogen-bond acceptors (Lipinski definition) is 1. The van der Waals surface area contributed by atoms with E-state index in [1.165, 1.54) is 11.5 Å². The van der Waals surface area contributed by atoms with Crippen molar-refractivity contribution in [1.29, 1.82) is 0 Å². The van der Waals surface area contributed by atoms with Crippen molar-refractivity contribution in [2.24, 2.45) is 10.8 Å². The van der Waals surface area contributed by atoms with E-state index in [1.54, 1.807) is 0 Å². The van der Waals surface area contributed by atoms with Crippen LogP contribution in [0.1, 0.15) is 41.5 Å². The molecule has 1 heterocycles. The molecule has 0 atom stereocenters. The molecule has 0 spiro atoms. The zero-order valence-corrected chi connectivity index (χ0v) is 10.2. The summed E-state index contributed by atoms with van der Waals surface area (Å²) in [7, 11) is 0. The quantitative estimate of drug-likeness (QED) is 0.617. The molecule has 14 heavy (non-hydrogen) atoms. The van der Waals surface area contributed by atoms with Gasteiger partial charge in [0.1, 0.15) is 0 Å². The third-order valence-electron chi connectivity index (χ3n) is 2.48. The molecule has 0 aromatic carbocycles. The molecule has 0 saturated carbocycles. The summed E-state index contributed by atoms with van der Waals surface area (Å²) in [5.74, 6) is 1.43. The Hall–Kier alpha value is -0.720. The number of rotatable bonds is 0. The van der Waals surface area contributed by atoms with E-state index in [0.29, 0.717) is 0 Å². The fourth-order valence-electron chi connectivity index (χ4n) is 1.70. The molecular formula is C13H22N. The average molecular weight is 192 g/mol. The highest BCUT2D eigenvalue weighted by Gasteiger charge is 2.33. The lowest BCUT2D eigenvalue weighted by atomic mass is 9.68. The van der Waals surface area contributed by atoms with Gasteiger partial charge in [0.2, 0.25) is 0 Å². The van der Waals surface area contributed by atoms with Gasteiger partial charge in [0.05, 0.1) is 0 Å². The molecule has 0 saturated heterocycles. The number of allylic oxidation sites excluding steroid dienone is 2. The van der Waals surface area contributed by atoms with Crippen LogP contribution in [0.2, 0.25) is 0 Å². The van der Waals surface area contributed by atoms with E-state index in [4.69, 9.17) is 0 Å². The van der Waals surface area contributed by atoms with Crippen LogP contribution < -0.4 is 5.32 Å².